The fraction of sp³-hybridized carbons (Fsp3) is 0.667. The summed E-state index contributed by atoms with van der Waals surface area (Å²) in [5.74, 6) is 0.855. The fourth-order valence-corrected chi connectivity index (χ4v) is 4.51. The standard InChI is InChI=1S/C21H32N2O/c1-17-10-14-20(15-11-17,18-8-4-2-5-9-18)16-23-19(24)21(22)12-6-3-7-13-21/h2,4-5,8-9,17H,3,6-7,10-16,22H2,1H3,(H,23,24). The average Bonchev–Trinajstić information content (AvgIpc) is 2.63. The molecule has 2 fully saturated rings. The van der Waals surface area contributed by atoms with E-state index in [2.05, 4.69) is 42.6 Å². The SMILES string of the molecule is CC1CCC(CNC(=O)C2(N)CCCCC2)(c2ccccc2)CC1. The zero-order chi connectivity index (χ0) is 17.0. The summed E-state index contributed by atoms with van der Waals surface area (Å²) in [4.78, 5) is 12.8. The minimum Gasteiger partial charge on any atom is -0.354 e. The van der Waals surface area contributed by atoms with Crippen molar-refractivity contribution in [3.63, 3.8) is 0 Å². The van der Waals surface area contributed by atoms with Gasteiger partial charge in [-0.2, -0.15) is 0 Å². The van der Waals surface area contributed by atoms with Crippen LogP contribution in [-0.2, 0) is 10.2 Å². The quantitative estimate of drug-likeness (QED) is 0.880. The molecule has 0 spiro atoms. The molecule has 3 heteroatoms. The van der Waals surface area contributed by atoms with Crippen molar-refractivity contribution in [1.82, 2.24) is 5.32 Å². The highest BCUT2D eigenvalue weighted by molar-refractivity contribution is 5.86. The van der Waals surface area contributed by atoms with Crippen molar-refractivity contribution in [3.05, 3.63) is 35.9 Å². The van der Waals surface area contributed by atoms with Gasteiger partial charge in [0.1, 0.15) is 0 Å². The molecule has 3 N–H and O–H groups in total. The Kier molecular flexibility index (Phi) is 5.29. The highest BCUT2D eigenvalue weighted by Crippen LogP contribution is 2.41. The van der Waals surface area contributed by atoms with Gasteiger partial charge < -0.3 is 11.1 Å². The van der Waals surface area contributed by atoms with Crippen LogP contribution in [0.5, 0.6) is 0 Å². The van der Waals surface area contributed by atoms with E-state index in [0.29, 0.717) is 0 Å². The van der Waals surface area contributed by atoms with Crippen LogP contribution in [-0.4, -0.2) is 18.0 Å². The van der Waals surface area contributed by atoms with Gasteiger partial charge >= 0.3 is 0 Å². The largest absolute Gasteiger partial charge is 0.354 e. The summed E-state index contributed by atoms with van der Waals surface area (Å²) < 4.78 is 0. The second-order valence-electron chi connectivity index (χ2n) is 8.23. The van der Waals surface area contributed by atoms with E-state index in [0.717, 1.165) is 51.0 Å². The first kappa shape index (κ1) is 17.5. The van der Waals surface area contributed by atoms with Crippen molar-refractivity contribution in [3.8, 4) is 0 Å². The molecule has 3 nitrogen and oxygen atoms in total. The van der Waals surface area contributed by atoms with Crippen molar-refractivity contribution in [2.24, 2.45) is 11.7 Å². The van der Waals surface area contributed by atoms with E-state index in [1.807, 2.05) is 0 Å². The molecule has 0 aliphatic heterocycles. The van der Waals surface area contributed by atoms with Crippen molar-refractivity contribution in [2.75, 3.05) is 6.54 Å². The minimum atomic E-state index is -0.641. The third-order valence-corrected chi connectivity index (χ3v) is 6.40. The minimum absolute atomic E-state index is 0.0659. The van der Waals surface area contributed by atoms with Crippen molar-refractivity contribution in [2.45, 2.75) is 75.7 Å². The summed E-state index contributed by atoms with van der Waals surface area (Å²) in [6, 6.07) is 10.7. The van der Waals surface area contributed by atoms with Crippen molar-refractivity contribution in [1.29, 1.82) is 0 Å². The first-order chi connectivity index (χ1) is 11.5. The second kappa shape index (κ2) is 7.26. The molecule has 0 unspecified atom stereocenters. The Labute approximate surface area is 146 Å². The van der Waals surface area contributed by atoms with Crippen LogP contribution in [0, 0.1) is 5.92 Å². The predicted octanol–water partition coefficient (Wildman–Crippen LogP) is 3.91. The lowest BCUT2D eigenvalue weighted by molar-refractivity contribution is -0.127. The average molecular weight is 328 g/mol. The van der Waals surface area contributed by atoms with Crippen LogP contribution < -0.4 is 11.1 Å². The van der Waals surface area contributed by atoms with Crippen LogP contribution in [0.4, 0.5) is 0 Å². The number of carbonyl (C=O) groups is 1. The van der Waals surface area contributed by atoms with Crippen LogP contribution in [0.15, 0.2) is 30.3 Å². The molecule has 1 aromatic rings. The summed E-state index contributed by atoms with van der Waals surface area (Å²) in [5.41, 5.74) is 7.21. The number of rotatable bonds is 4. The van der Waals surface area contributed by atoms with Gasteiger partial charge in [0.25, 0.3) is 0 Å². The smallest absolute Gasteiger partial charge is 0.240 e. The van der Waals surface area contributed by atoms with Gasteiger partial charge in [-0.3, -0.25) is 4.79 Å². The van der Waals surface area contributed by atoms with Crippen molar-refractivity contribution >= 4 is 5.91 Å². The Morgan fingerprint density at radius 1 is 1.08 bits per heavy atom. The Hall–Kier alpha value is -1.35. The number of nitrogens with two attached hydrogens (primary N) is 1. The molecule has 0 aromatic heterocycles. The maximum atomic E-state index is 12.8. The molecule has 2 aliphatic carbocycles. The van der Waals surface area contributed by atoms with Crippen LogP contribution >= 0.6 is 0 Å². The van der Waals surface area contributed by atoms with Gasteiger partial charge in [-0.15, -0.1) is 0 Å². The molecule has 0 heterocycles. The van der Waals surface area contributed by atoms with Crippen molar-refractivity contribution < 1.29 is 4.79 Å². The van der Waals surface area contributed by atoms with Gasteiger partial charge in [-0.05, 0) is 50.0 Å². The zero-order valence-electron chi connectivity index (χ0n) is 15.0. The van der Waals surface area contributed by atoms with Crippen LogP contribution in [0.25, 0.3) is 0 Å². The molecule has 3 rings (SSSR count). The van der Waals surface area contributed by atoms with Gasteiger partial charge in [0, 0.05) is 12.0 Å². The van der Waals surface area contributed by atoms with Crippen LogP contribution in [0.1, 0.15) is 70.3 Å². The Morgan fingerprint density at radius 3 is 2.33 bits per heavy atom. The van der Waals surface area contributed by atoms with Gasteiger partial charge in [0.05, 0.1) is 5.54 Å². The number of hydrogen-bond acceptors (Lipinski definition) is 2. The van der Waals surface area contributed by atoms with E-state index in [1.54, 1.807) is 0 Å². The predicted molar refractivity (Wildman–Crippen MR) is 98.8 cm³/mol. The van der Waals surface area contributed by atoms with E-state index < -0.39 is 5.54 Å². The maximum Gasteiger partial charge on any atom is 0.240 e. The lowest BCUT2D eigenvalue weighted by atomic mass is 9.66. The Bertz CT molecular complexity index is 540. The molecule has 132 valence electrons. The van der Waals surface area contributed by atoms with E-state index in [-0.39, 0.29) is 11.3 Å². The van der Waals surface area contributed by atoms with E-state index in [1.165, 1.54) is 24.8 Å². The fourth-order valence-electron chi connectivity index (χ4n) is 4.51. The summed E-state index contributed by atoms with van der Waals surface area (Å²) in [6.45, 7) is 3.06. The Morgan fingerprint density at radius 2 is 1.71 bits per heavy atom. The first-order valence-corrected chi connectivity index (χ1v) is 9.67. The normalized spacial score (nSPS) is 29.8. The number of nitrogens with one attached hydrogen (secondary N) is 1. The van der Waals surface area contributed by atoms with Gasteiger partial charge in [0.15, 0.2) is 0 Å². The number of amides is 1. The number of hydrogen-bond donors (Lipinski definition) is 2. The van der Waals surface area contributed by atoms with Gasteiger partial charge in [0.2, 0.25) is 5.91 Å². The molecule has 2 saturated carbocycles. The molecule has 0 radical (unpaired) electrons. The molecule has 2 aliphatic rings. The second-order valence-corrected chi connectivity index (χ2v) is 8.23. The van der Waals surface area contributed by atoms with Gasteiger partial charge in [-0.1, -0.05) is 56.5 Å². The molecule has 24 heavy (non-hydrogen) atoms. The first-order valence-electron chi connectivity index (χ1n) is 9.67. The highest BCUT2D eigenvalue weighted by Gasteiger charge is 2.39. The maximum absolute atomic E-state index is 12.8. The van der Waals surface area contributed by atoms with E-state index in [9.17, 15) is 4.79 Å². The molecule has 0 saturated heterocycles. The third-order valence-electron chi connectivity index (χ3n) is 6.40. The lowest BCUT2D eigenvalue weighted by Gasteiger charge is -2.41. The zero-order valence-corrected chi connectivity index (χ0v) is 15.0. The van der Waals surface area contributed by atoms with E-state index >= 15 is 0 Å². The molecular weight excluding hydrogens is 296 g/mol. The summed E-state index contributed by atoms with van der Waals surface area (Å²) in [6.07, 6.45) is 9.78. The highest BCUT2D eigenvalue weighted by atomic mass is 16.2. The van der Waals surface area contributed by atoms with Crippen LogP contribution in [0.3, 0.4) is 0 Å². The molecule has 0 bridgehead atoms. The molecule has 1 amide bonds. The van der Waals surface area contributed by atoms with Crippen LogP contribution in [0.2, 0.25) is 0 Å². The molecule has 0 atom stereocenters. The molecule has 1 aromatic carbocycles. The number of carbonyl (C=O) groups excluding carboxylic acids is 1. The molecular formula is C21H32N2O. The number of benzene rings is 1. The third kappa shape index (κ3) is 3.66. The topological polar surface area (TPSA) is 55.1 Å². The van der Waals surface area contributed by atoms with Gasteiger partial charge in [-0.25, -0.2) is 0 Å². The Balaban J connectivity index is 1.72. The monoisotopic (exact) mass is 328 g/mol. The summed E-state index contributed by atoms with van der Waals surface area (Å²) >= 11 is 0. The van der Waals surface area contributed by atoms with E-state index in [4.69, 9.17) is 5.73 Å². The lowest BCUT2D eigenvalue weighted by Crippen LogP contribution is -2.57. The summed E-state index contributed by atoms with van der Waals surface area (Å²) in [7, 11) is 0. The summed E-state index contributed by atoms with van der Waals surface area (Å²) in [5, 5.41) is 3.25.